The van der Waals surface area contributed by atoms with Gasteiger partial charge in [-0.25, -0.2) is 0 Å². The van der Waals surface area contributed by atoms with Gasteiger partial charge in [0, 0.05) is 11.8 Å². The largest absolute Gasteiger partial charge is 0.455 e. The summed E-state index contributed by atoms with van der Waals surface area (Å²) in [5, 5.41) is 9.16. The highest BCUT2D eigenvalue weighted by Gasteiger charge is 2.07. The Morgan fingerprint density at radius 2 is 1.94 bits per heavy atom. The Labute approximate surface area is 110 Å². The van der Waals surface area contributed by atoms with Crippen LogP contribution in [0.1, 0.15) is 11.1 Å². The van der Waals surface area contributed by atoms with E-state index in [9.17, 15) is 0 Å². The molecule has 0 unspecified atom stereocenters. The van der Waals surface area contributed by atoms with Crippen molar-refractivity contribution in [2.75, 3.05) is 5.73 Å². The van der Waals surface area contributed by atoms with E-state index in [-0.39, 0.29) is 0 Å². The summed E-state index contributed by atoms with van der Waals surface area (Å²) in [7, 11) is 0. The van der Waals surface area contributed by atoms with E-state index in [0.29, 0.717) is 27.8 Å². The molecular weight excluding hydrogens is 248 g/mol. The molecule has 0 aliphatic heterocycles. The maximum atomic E-state index is 8.76. The lowest BCUT2D eigenvalue weighted by atomic mass is 10.2. The van der Waals surface area contributed by atoms with Gasteiger partial charge >= 0.3 is 0 Å². The standard InChI is InChI=1S/C14H11ClN2O/c1-9-2-4-11(17)7-14(9)18-13-5-3-10(8-16)6-12(13)15/h2-7H,17H2,1H3. The van der Waals surface area contributed by atoms with Crippen LogP contribution in [-0.4, -0.2) is 0 Å². The summed E-state index contributed by atoms with van der Waals surface area (Å²) in [6, 6.07) is 12.3. The first-order chi connectivity index (χ1) is 8.60. The van der Waals surface area contributed by atoms with Gasteiger partial charge < -0.3 is 10.5 Å². The van der Waals surface area contributed by atoms with Crippen LogP contribution in [0.3, 0.4) is 0 Å². The van der Waals surface area contributed by atoms with Crippen molar-refractivity contribution in [3.8, 4) is 17.6 Å². The van der Waals surface area contributed by atoms with Gasteiger partial charge in [-0.1, -0.05) is 17.7 Å². The number of nitrogen functional groups attached to an aromatic ring is 1. The summed E-state index contributed by atoms with van der Waals surface area (Å²) >= 11 is 6.04. The first-order valence-electron chi connectivity index (χ1n) is 5.34. The van der Waals surface area contributed by atoms with Gasteiger partial charge in [-0.05, 0) is 36.8 Å². The van der Waals surface area contributed by atoms with Gasteiger partial charge in [-0.2, -0.15) is 5.26 Å². The zero-order valence-electron chi connectivity index (χ0n) is 9.77. The van der Waals surface area contributed by atoms with Crippen molar-refractivity contribution in [1.29, 1.82) is 5.26 Å². The molecule has 0 saturated carbocycles. The number of halogens is 1. The molecule has 0 aliphatic carbocycles. The van der Waals surface area contributed by atoms with Gasteiger partial charge in [0.25, 0.3) is 0 Å². The molecule has 4 heteroatoms. The maximum Gasteiger partial charge on any atom is 0.146 e. The predicted octanol–water partition coefficient (Wildman–Crippen LogP) is 3.89. The van der Waals surface area contributed by atoms with Crippen LogP contribution in [0.4, 0.5) is 5.69 Å². The van der Waals surface area contributed by atoms with Crippen molar-refractivity contribution in [1.82, 2.24) is 0 Å². The van der Waals surface area contributed by atoms with Crippen molar-refractivity contribution in [3.05, 3.63) is 52.5 Å². The number of hydrogen-bond acceptors (Lipinski definition) is 3. The third kappa shape index (κ3) is 2.55. The molecule has 0 amide bonds. The Morgan fingerprint density at radius 3 is 2.61 bits per heavy atom. The molecular formula is C14H11ClN2O. The number of benzene rings is 2. The number of aryl methyl sites for hydroxylation is 1. The molecule has 0 radical (unpaired) electrons. The van der Waals surface area contributed by atoms with Crippen molar-refractivity contribution in [2.45, 2.75) is 6.92 Å². The van der Waals surface area contributed by atoms with Crippen LogP contribution in [0.2, 0.25) is 5.02 Å². The van der Waals surface area contributed by atoms with E-state index < -0.39 is 0 Å². The molecule has 0 fully saturated rings. The summed E-state index contributed by atoms with van der Waals surface area (Å²) in [6.07, 6.45) is 0. The molecule has 0 aromatic heterocycles. The molecule has 0 atom stereocenters. The molecule has 2 aromatic carbocycles. The Morgan fingerprint density at radius 1 is 1.17 bits per heavy atom. The lowest BCUT2D eigenvalue weighted by Crippen LogP contribution is -1.91. The molecule has 18 heavy (non-hydrogen) atoms. The molecule has 0 aliphatic rings. The Kier molecular flexibility index (Phi) is 3.40. The normalized spacial score (nSPS) is 9.83. The third-order valence-corrected chi connectivity index (χ3v) is 2.79. The smallest absolute Gasteiger partial charge is 0.146 e. The van der Waals surface area contributed by atoms with Crippen LogP contribution >= 0.6 is 11.6 Å². The average molecular weight is 259 g/mol. The second-order valence-electron chi connectivity index (χ2n) is 3.88. The summed E-state index contributed by atoms with van der Waals surface area (Å²) in [4.78, 5) is 0. The summed E-state index contributed by atoms with van der Waals surface area (Å²) in [5.41, 5.74) is 7.79. The first kappa shape index (κ1) is 12.3. The van der Waals surface area contributed by atoms with Gasteiger partial charge in [0.2, 0.25) is 0 Å². The molecule has 0 heterocycles. The monoisotopic (exact) mass is 258 g/mol. The summed E-state index contributed by atoms with van der Waals surface area (Å²) < 4.78 is 5.70. The molecule has 2 aromatic rings. The van der Waals surface area contributed by atoms with Crippen LogP contribution in [0.5, 0.6) is 11.5 Å². The highest BCUT2D eigenvalue weighted by atomic mass is 35.5. The van der Waals surface area contributed by atoms with Crippen LogP contribution < -0.4 is 10.5 Å². The Hall–Kier alpha value is -2.18. The van der Waals surface area contributed by atoms with Crippen molar-refractivity contribution in [3.63, 3.8) is 0 Å². The SMILES string of the molecule is Cc1ccc(N)cc1Oc1ccc(C#N)cc1Cl. The van der Waals surface area contributed by atoms with Crippen molar-refractivity contribution in [2.24, 2.45) is 0 Å². The van der Waals surface area contributed by atoms with E-state index in [2.05, 4.69) is 0 Å². The van der Waals surface area contributed by atoms with Crippen LogP contribution in [0.25, 0.3) is 0 Å². The minimum absolute atomic E-state index is 0.399. The van der Waals surface area contributed by atoms with Crippen molar-refractivity contribution < 1.29 is 4.74 Å². The molecule has 0 bridgehead atoms. The minimum Gasteiger partial charge on any atom is -0.455 e. The second kappa shape index (κ2) is 4.99. The second-order valence-corrected chi connectivity index (χ2v) is 4.29. The number of ether oxygens (including phenoxy) is 1. The fourth-order valence-electron chi connectivity index (χ4n) is 1.50. The molecule has 90 valence electrons. The summed E-state index contributed by atoms with van der Waals surface area (Å²) in [5.74, 6) is 1.16. The fourth-order valence-corrected chi connectivity index (χ4v) is 1.72. The predicted molar refractivity (Wildman–Crippen MR) is 71.8 cm³/mol. The highest BCUT2D eigenvalue weighted by Crippen LogP contribution is 2.32. The van der Waals surface area contributed by atoms with Gasteiger partial charge in [0.05, 0.1) is 16.7 Å². The van der Waals surface area contributed by atoms with Crippen LogP contribution in [-0.2, 0) is 0 Å². The number of nitriles is 1. The topological polar surface area (TPSA) is 59.0 Å². The zero-order valence-corrected chi connectivity index (χ0v) is 10.5. The molecule has 3 nitrogen and oxygen atoms in total. The van der Waals surface area contributed by atoms with E-state index in [4.69, 9.17) is 27.3 Å². The Balaban J connectivity index is 2.34. The fraction of sp³-hybridized carbons (Fsp3) is 0.0714. The molecule has 2 rings (SSSR count). The summed E-state index contributed by atoms with van der Waals surface area (Å²) in [6.45, 7) is 1.92. The lowest BCUT2D eigenvalue weighted by Gasteiger charge is -2.10. The van der Waals surface area contributed by atoms with Crippen LogP contribution in [0, 0.1) is 18.3 Å². The number of anilines is 1. The quantitative estimate of drug-likeness (QED) is 0.831. The minimum atomic E-state index is 0.399. The zero-order chi connectivity index (χ0) is 13.1. The van der Waals surface area contributed by atoms with Gasteiger partial charge in [-0.15, -0.1) is 0 Å². The molecule has 0 spiro atoms. The van der Waals surface area contributed by atoms with Crippen molar-refractivity contribution >= 4 is 17.3 Å². The maximum absolute atomic E-state index is 8.76. The van der Waals surface area contributed by atoms with Gasteiger partial charge in [0.15, 0.2) is 0 Å². The van der Waals surface area contributed by atoms with E-state index in [1.807, 2.05) is 25.1 Å². The van der Waals surface area contributed by atoms with E-state index in [1.165, 1.54) is 0 Å². The van der Waals surface area contributed by atoms with E-state index in [0.717, 1.165) is 5.56 Å². The first-order valence-corrected chi connectivity index (χ1v) is 5.71. The third-order valence-electron chi connectivity index (χ3n) is 2.49. The van der Waals surface area contributed by atoms with Gasteiger partial charge in [0.1, 0.15) is 11.5 Å². The average Bonchev–Trinajstić information content (AvgIpc) is 2.36. The van der Waals surface area contributed by atoms with E-state index in [1.54, 1.807) is 24.3 Å². The van der Waals surface area contributed by atoms with Crippen LogP contribution in [0.15, 0.2) is 36.4 Å². The highest BCUT2D eigenvalue weighted by molar-refractivity contribution is 6.32. The molecule has 2 N–H and O–H groups in total. The van der Waals surface area contributed by atoms with Gasteiger partial charge in [-0.3, -0.25) is 0 Å². The lowest BCUT2D eigenvalue weighted by molar-refractivity contribution is 0.479. The number of hydrogen-bond donors (Lipinski definition) is 1. The number of rotatable bonds is 2. The Bertz CT molecular complexity index is 632. The molecule has 0 saturated heterocycles. The number of nitrogens with two attached hydrogens (primary N) is 1. The number of nitrogens with zero attached hydrogens (tertiary/aromatic N) is 1. The van der Waals surface area contributed by atoms with E-state index >= 15 is 0 Å².